The number of carbonyl (C=O) groups excluding carboxylic acids is 1. The SMILES string of the molecule is Cc1c(C=O)nn(-c2ccc(Cl)cc2Cl)c1-c1ccc(C#CCCO)cc1. The van der Waals surface area contributed by atoms with Gasteiger partial charge in [0.25, 0.3) is 0 Å². The van der Waals surface area contributed by atoms with Gasteiger partial charge in [-0.2, -0.15) is 5.10 Å². The molecule has 0 spiro atoms. The number of hydrogen-bond donors (Lipinski definition) is 1. The third kappa shape index (κ3) is 4.06. The van der Waals surface area contributed by atoms with Crippen molar-refractivity contribution < 1.29 is 9.90 Å². The van der Waals surface area contributed by atoms with Gasteiger partial charge in [0, 0.05) is 28.1 Å². The number of rotatable bonds is 4. The van der Waals surface area contributed by atoms with E-state index in [1.807, 2.05) is 31.2 Å². The van der Waals surface area contributed by atoms with Crippen molar-refractivity contribution in [2.45, 2.75) is 13.3 Å². The Morgan fingerprint density at radius 3 is 2.56 bits per heavy atom. The zero-order chi connectivity index (χ0) is 19.4. The highest BCUT2D eigenvalue weighted by Gasteiger charge is 2.18. The molecule has 1 aromatic heterocycles. The maximum Gasteiger partial charge on any atom is 0.170 e. The van der Waals surface area contributed by atoms with Crippen LogP contribution in [-0.4, -0.2) is 27.8 Å². The maximum absolute atomic E-state index is 11.4. The lowest BCUT2D eigenvalue weighted by Gasteiger charge is -2.11. The second-order valence-electron chi connectivity index (χ2n) is 5.84. The van der Waals surface area contributed by atoms with Gasteiger partial charge in [0.15, 0.2) is 6.29 Å². The average molecular weight is 399 g/mol. The molecule has 0 atom stereocenters. The van der Waals surface area contributed by atoms with Gasteiger partial charge in [0.2, 0.25) is 0 Å². The highest BCUT2D eigenvalue weighted by molar-refractivity contribution is 6.35. The molecule has 0 aliphatic heterocycles. The van der Waals surface area contributed by atoms with Gasteiger partial charge in [0.1, 0.15) is 5.69 Å². The van der Waals surface area contributed by atoms with E-state index in [-0.39, 0.29) is 6.61 Å². The van der Waals surface area contributed by atoms with E-state index in [0.29, 0.717) is 27.8 Å². The van der Waals surface area contributed by atoms with E-state index in [1.165, 1.54) is 0 Å². The number of aliphatic hydroxyl groups excluding tert-OH is 1. The van der Waals surface area contributed by atoms with Crippen molar-refractivity contribution in [3.63, 3.8) is 0 Å². The summed E-state index contributed by atoms with van der Waals surface area (Å²) < 4.78 is 1.66. The Balaban J connectivity index is 2.11. The maximum atomic E-state index is 11.4. The number of aldehydes is 1. The van der Waals surface area contributed by atoms with Crippen LogP contribution < -0.4 is 0 Å². The van der Waals surface area contributed by atoms with Crippen LogP contribution in [0.5, 0.6) is 0 Å². The molecule has 27 heavy (non-hydrogen) atoms. The Labute approximate surface area is 167 Å². The molecule has 1 heterocycles. The van der Waals surface area contributed by atoms with Gasteiger partial charge in [-0.15, -0.1) is 0 Å². The number of benzene rings is 2. The molecule has 0 radical (unpaired) electrons. The fraction of sp³-hybridized carbons (Fsp3) is 0.143. The Bertz CT molecular complexity index is 1040. The molecule has 0 saturated carbocycles. The van der Waals surface area contributed by atoms with Crippen LogP contribution in [0.15, 0.2) is 42.5 Å². The summed E-state index contributed by atoms with van der Waals surface area (Å²) in [5, 5.41) is 14.2. The predicted molar refractivity (Wildman–Crippen MR) is 108 cm³/mol. The first kappa shape index (κ1) is 19.2. The van der Waals surface area contributed by atoms with E-state index in [2.05, 4.69) is 16.9 Å². The topological polar surface area (TPSA) is 55.1 Å². The average Bonchev–Trinajstić information content (AvgIpc) is 2.99. The summed E-state index contributed by atoms with van der Waals surface area (Å²) in [6.45, 7) is 1.89. The summed E-state index contributed by atoms with van der Waals surface area (Å²) in [7, 11) is 0. The molecule has 0 aliphatic carbocycles. The zero-order valence-electron chi connectivity index (χ0n) is 14.5. The van der Waals surface area contributed by atoms with Crippen LogP contribution in [0.4, 0.5) is 0 Å². The molecule has 0 aliphatic rings. The van der Waals surface area contributed by atoms with Gasteiger partial charge in [-0.1, -0.05) is 47.2 Å². The zero-order valence-corrected chi connectivity index (χ0v) is 16.1. The van der Waals surface area contributed by atoms with E-state index >= 15 is 0 Å². The second kappa shape index (κ2) is 8.41. The van der Waals surface area contributed by atoms with Gasteiger partial charge >= 0.3 is 0 Å². The van der Waals surface area contributed by atoms with E-state index in [4.69, 9.17) is 28.3 Å². The number of hydrogen-bond acceptors (Lipinski definition) is 3. The fourth-order valence-electron chi connectivity index (χ4n) is 2.72. The molecule has 0 unspecified atom stereocenters. The second-order valence-corrected chi connectivity index (χ2v) is 6.68. The lowest BCUT2D eigenvalue weighted by Crippen LogP contribution is -2.01. The van der Waals surface area contributed by atoms with Crippen molar-refractivity contribution in [1.29, 1.82) is 0 Å². The Hall–Kier alpha value is -2.58. The normalized spacial score (nSPS) is 10.4. The standard InChI is InChI=1S/C21H16Cl2N2O2/c1-14-19(13-27)24-25(20-10-9-17(22)12-18(20)23)21(14)16-7-5-15(6-8-16)4-2-3-11-26/h5-10,12-13,26H,3,11H2,1H3. The third-order valence-electron chi connectivity index (χ3n) is 4.04. The smallest absolute Gasteiger partial charge is 0.170 e. The molecule has 136 valence electrons. The molecule has 0 bridgehead atoms. The molecule has 6 heteroatoms. The Morgan fingerprint density at radius 2 is 1.93 bits per heavy atom. The summed E-state index contributed by atoms with van der Waals surface area (Å²) in [5.74, 6) is 5.88. The molecular formula is C21H16Cl2N2O2. The minimum absolute atomic E-state index is 0.0415. The van der Waals surface area contributed by atoms with Crippen LogP contribution in [0.3, 0.4) is 0 Å². The highest BCUT2D eigenvalue weighted by atomic mass is 35.5. The molecular weight excluding hydrogens is 383 g/mol. The Morgan fingerprint density at radius 1 is 1.19 bits per heavy atom. The van der Waals surface area contributed by atoms with E-state index in [9.17, 15) is 4.79 Å². The summed E-state index contributed by atoms with van der Waals surface area (Å²) in [6.07, 6.45) is 1.17. The highest BCUT2D eigenvalue weighted by Crippen LogP contribution is 2.32. The van der Waals surface area contributed by atoms with Gasteiger partial charge in [0.05, 0.1) is 23.0 Å². The van der Waals surface area contributed by atoms with Gasteiger partial charge < -0.3 is 5.11 Å². The molecule has 3 aromatic rings. The van der Waals surface area contributed by atoms with Crippen molar-refractivity contribution in [3.8, 4) is 28.8 Å². The minimum Gasteiger partial charge on any atom is -0.395 e. The number of aromatic nitrogens is 2. The molecule has 3 rings (SSSR count). The van der Waals surface area contributed by atoms with Crippen LogP contribution in [0.2, 0.25) is 10.0 Å². The number of aliphatic hydroxyl groups is 1. The van der Waals surface area contributed by atoms with Crippen LogP contribution in [0, 0.1) is 18.8 Å². The van der Waals surface area contributed by atoms with Gasteiger partial charge in [-0.3, -0.25) is 4.79 Å². The quantitative estimate of drug-likeness (QED) is 0.511. The number of carbonyl (C=O) groups is 1. The number of nitrogens with zero attached hydrogens (tertiary/aromatic N) is 2. The minimum atomic E-state index is 0.0415. The third-order valence-corrected chi connectivity index (χ3v) is 4.57. The van der Waals surface area contributed by atoms with Gasteiger partial charge in [-0.25, -0.2) is 4.68 Å². The van der Waals surface area contributed by atoms with Gasteiger partial charge in [-0.05, 0) is 37.3 Å². The lowest BCUT2D eigenvalue weighted by molar-refractivity contribution is 0.111. The molecule has 4 nitrogen and oxygen atoms in total. The van der Waals surface area contributed by atoms with Crippen molar-refractivity contribution in [2.75, 3.05) is 6.61 Å². The van der Waals surface area contributed by atoms with Crippen LogP contribution in [-0.2, 0) is 0 Å². The largest absolute Gasteiger partial charge is 0.395 e. The molecule has 1 N–H and O–H groups in total. The van der Waals surface area contributed by atoms with Crippen molar-refractivity contribution in [3.05, 3.63) is 69.3 Å². The predicted octanol–water partition coefficient (Wildman–Crippen LogP) is 4.70. The summed E-state index contributed by atoms with van der Waals surface area (Å²) in [6, 6.07) is 12.7. The lowest BCUT2D eigenvalue weighted by atomic mass is 10.0. The summed E-state index contributed by atoms with van der Waals surface area (Å²) in [4.78, 5) is 11.4. The fourth-order valence-corrected chi connectivity index (χ4v) is 3.21. The van der Waals surface area contributed by atoms with E-state index < -0.39 is 0 Å². The Kier molecular flexibility index (Phi) is 5.98. The van der Waals surface area contributed by atoms with Crippen molar-refractivity contribution in [1.82, 2.24) is 9.78 Å². The molecule has 0 fully saturated rings. The summed E-state index contributed by atoms with van der Waals surface area (Å²) >= 11 is 12.3. The number of halogens is 2. The van der Waals surface area contributed by atoms with Crippen LogP contribution in [0.1, 0.15) is 28.0 Å². The molecule has 0 saturated heterocycles. The first-order valence-corrected chi connectivity index (χ1v) is 9.01. The molecule has 0 amide bonds. The van der Waals surface area contributed by atoms with Crippen molar-refractivity contribution >= 4 is 29.5 Å². The first-order chi connectivity index (χ1) is 13.0. The van der Waals surface area contributed by atoms with E-state index in [0.717, 1.165) is 28.7 Å². The monoisotopic (exact) mass is 398 g/mol. The van der Waals surface area contributed by atoms with Crippen LogP contribution >= 0.6 is 23.2 Å². The van der Waals surface area contributed by atoms with E-state index in [1.54, 1.807) is 22.9 Å². The molecule has 2 aromatic carbocycles. The first-order valence-electron chi connectivity index (χ1n) is 8.25. The van der Waals surface area contributed by atoms with Crippen molar-refractivity contribution in [2.24, 2.45) is 0 Å². The van der Waals surface area contributed by atoms with Crippen LogP contribution in [0.25, 0.3) is 16.9 Å². The summed E-state index contributed by atoms with van der Waals surface area (Å²) in [5.41, 5.74) is 4.25.